The van der Waals surface area contributed by atoms with Crippen molar-refractivity contribution >= 4 is 18.0 Å². The van der Waals surface area contributed by atoms with Gasteiger partial charge in [-0.05, 0) is 23.6 Å². The number of carbonyl (C=O) groups excluding carboxylic acids is 2. The fourth-order valence-corrected chi connectivity index (χ4v) is 1.48. The maximum atomic E-state index is 10.9. The molecule has 0 aromatic heterocycles. The van der Waals surface area contributed by atoms with Crippen LogP contribution in [-0.2, 0) is 25.5 Å². The molecule has 1 rings (SSSR count). The normalized spacial score (nSPS) is 10.7. The smallest absolute Gasteiger partial charge is 0.305 e. The van der Waals surface area contributed by atoms with Crippen LogP contribution in [0.25, 0.3) is 6.08 Å². The summed E-state index contributed by atoms with van der Waals surface area (Å²) in [5.41, 5.74) is 2.19. The van der Waals surface area contributed by atoms with Crippen molar-refractivity contribution in [3.8, 4) is 0 Å². The molecule has 1 aromatic carbocycles. The fraction of sp³-hybridized carbons (Fsp3) is 0.333. The quantitative estimate of drug-likeness (QED) is 0.604. The van der Waals surface area contributed by atoms with E-state index in [0.717, 1.165) is 12.0 Å². The van der Waals surface area contributed by atoms with E-state index in [1.54, 1.807) is 6.08 Å². The summed E-state index contributed by atoms with van der Waals surface area (Å²) in [5.74, 6) is -1.01. The zero-order valence-corrected chi connectivity index (χ0v) is 11.4. The van der Waals surface area contributed by atoms with E-state index in [0.29, 0.717) is 0 Å². The number of benzene rings is 1. The van der Waals surface area contributed by atoms with Crippen molar-refractivity contribution in [2.45, 2.75) is 33.5 Å². The van der Waals surface area contributed by atoms with Gasteiger partial charge >= 0.3 is 11.9 Å². The van der Waals surface area contributed by atoms with E-state index in [2.05, 4.69) is 6.92 Å². The van der Waals surface area contributed by atoms with E-state index >= 15 is 0 Å². The summed E-state index contributed by atoms with van der Waals surface area (Å²) in [6, 6.07) is 7.94. The molecule has 102 valence electrons. The molecule has 4 heteroatoms. The topological polar surface area (TPSA) is 52.6 Å². The third-order valence-electron chi connectivity index (χ3n) is 2.40. The molecule has 1 aromatic rings. The lowest BCUT2D eigenvalue weighted by atomic mass is 10.1. The van der Waals surface area contributed by atoms with Crippen molar-refractivity contribution in [2.75, 3.05) is 0 Å². The van der Waals surface area contributed by atoms with Gasteiger partial charge in [0.25, 0.3) is 6.29 Å². The van der Waals surface area contributed by atoms with Gasteiger partial charge in [0.1, 0.15) is 0 Å². The summed E-state index contributed by atoms with van der Waals surface area (Å²) >= 11 is 0. The van der Waals surface area contributed by atoms with E-state index < -0.39 is 18.2 Å². The van der Waals surface area contributed by atoms with E-state index in [9.17, 15) is 9.59 Å². The summed E-state index contributed by atoms with van der Waals surface area (Å²) in [5, 5.41) is 0. The average Bonchev–Trinajstić information content (AvgIpc) is 2.35. The second-order valence-electron chi connectivity index (χ2n) is 4.04. The summed E-state index contributed by atoms with van der Waals surface area (Å²) in [4.78, 5) is 21.8. The molecule has 0 amide bonds. The van der Waals surface area contributed by atoms with Gasteiger partial charge in [-0.25, -0.2) is 0 Å². The molecule has 0 unspecified atom stereocenters. The predicted molar refractivity (Wildman–Crippen MR) is 72.2 cm³/mol. The van der Waals surface area contributed by atoms with Crippen LogP contribution in [-0.4, -0.2) is 18.2 Å². The molecular formula is C15H18O4. The Labute approximate surface area is 113 Å². The van der Waals surface area contributed by atoms with Crippen LogP contribution in [0.2, 0.25) is 0 Å². The third-order valence-corrected chi connectivity index (χ3v) is 2.40. The number of hydrogen-bond acceptors (Lipinski definition) is 4. The van der Waals surface area contributed by atoms with E-state index in [1.165, 1.54) is 25.5 Å². The van der Waals surface area contributed by atoms with Crippen LogP contribution in [0.3, 0.4) is 0 Å². The minimum Gasteiger partial charge on any atom is -0.421 e. The van der Waals surface area contributed by atoms with Gasteiger partial charge in [-0.15, -0.1) is 0 Å². The maximum Gasteiger partial charge on any atom is 0.305 e. The Hall–Kier alpha value is -2.10. The van der Waals surface area contributed by atoms with Crippen LogP contribution in [0.5, 0.6) is 0 Å². The second-order valence-corrected chi connectivity index (χ2v) is 4.04. The number of carbonyl (C=O) groups is 2. The molecule has 19 heavy (non-hydrogen) atoms. The first kappa shape index (κ1) is 15.0. The van der Waals surface area contributed by atoms with E-state index in [1.807, 2.05) is 24.3 Å². The van der Waals surface area contributed by atoms with Gasteiger partial charge in [-0.1, -0.05) is 37.3 Å². The van der Waals surface area contributed by atoms with Gasteiger partial charge in [0, 0.05) is 13.8 Å². The van der Waals surface area contributed by atoms with Crippen LogP contribution in [0.4, 0.5) is 0 Å². The van der Waals surface area contributed by atoms with Gasteiger partial charge in [0.15, 0.2) is 0 Å². The first-order chi connectivity index (χ1) is 9.01. The molecule has 0 N–H and O–H groups in total. The number of esters is 2. The fourth-order valence-electron chi connectivity index (χ4n) is 1.48. The minimum atomic E-state index is -0.985. The molecule has 0 fully saturated rings. The first-order valence-electron chi connectivity index (χ1n) is 6.13. The molecule has 0 aliphatic carbocycles. The highest BCUT2D eigenvalue weighted by Gasteiger charge is 2.10. The van der Waals surface area contributed by atoms with E-state index in [-0.39, 0.29) is 0 Å². The second kappa shape index (κ2) is 7.36. The Bertz CT molecular complexity index is 444. The number of rotatable bonds is 5. The average molecular weight is 262 g/mol. The van der Waals surface area contributed by atoms with Crippen molar-refractivity contribution in [2.24, 2.45) is 0 Å². The van der Waals surface area contributed by atoms with Crippen LogP contribution >= 0.6 is 0 Å². The molecule has 0 aliphatic heterocycles. The summed E-state index contributed by atoms with van der Waals surface area (Å²) in [7, 11) is 0. The standard InChI is InChI=1S/C15H18O4/c1-4-13-5-7-14(8-6-13)9-10-15(18-11(2)16)19-12(3)17/h5-10,15H,4H2,1-3H3/b10-9+. The lowest BCUT2D eigenvalue weighted by Crippen LogP contribution is -2.19. The van der Waals surface area contributed by atoms with Crippen molar-refractivity contribution in [3.05, 3.63) is 41.5 Å². The highest BCUT2D eigenvalue weighted by Crippen LogP contribution is 2.09. The van der Waals surface area contributed by atoms with Crippen LogP contribution in [0, 0.1) is 0 Å². The molecule has 0 bridgehead atoms. The Balaban J connectivity index is 2.72. The predicted octanol–water partition coefficient (Wildman–Crippen LogP) is 2.71. The van der Waals surface area contributed by atoms with Gasteiger partial charge < -0.3 is 9.47 Å². The first-order valence-corrected chi connectivity index (χ1v) is 6.13. The largest absolute Gasteiger partial charge is 0.421 e. The number of aryl methyl sites for hydroxylation is 1. The van der Waals surface area contributed by atoms with Crippen LogP contribution < -0.4 is 0 Å². The molecule has 0 saturated carbocycles. The summed E-state index contributed by atoms with van der Waals surface area (Å²) in [6.45, 7) is 4.61. The highest BCUT2D eigenvalue weighted by molar-refractivity contribution is 5.68. The zero-order valence-electron chi connectivity index (χ0n) is 11.4. The Morgan fingerprint density at radius 3 is 2.05 bits per heavy atom. The monoisotopic (exact) mass is 262 g/mol. The van der Waals surface area contributed by atoms with Gasteiger partial charge in [-0.3, -0.25) is 9.59 Å². The van der Waals surface area contributed by atoms with Crippen molar-refractivity contribution < 1.29 is 19.1 Å². The molecule has 0 radical (unpaired) electrons. The summed E-state index contributed by atoms with van der Waals surface area (Å²) < 4.78 is 9.72. The molecule has 0 heterocycles. The number of hydrogen-bond donors (Lipinski definition) is 0. The van der Waals surface area contributed by atoms with Crippen LogP contribution in [0.1, 0.15) is 31.9 Å². The van der Waals surface area contributed by atoms with Crippen molar-refractivity contribution in [3.63, 3.8) is 0 Å². The molecule has 0 atom stereocenters. The van der Waals surface area contributed by atoms with E-state index in [4.69, 9.17) is 9.47 Å². The SMILES string of the molecule is CCc1ccc(/C=C/C(OC(C)=O)OC(C)=O)cc1. The lowest BCUT2D eigenvalue weighted by Gasteiger charge is -2.12. The Morgan fingerprint density at radius 2 is 1.63 bits per heavy atom. The van der Waals surface area contributed by atoms with Crippen molar-refractivity contribution in [1.82, 2.24) is 0 Å². The van der Waals surface area contributed by atoms with Crippen LogP contribution in [0.15, 0.2) is 30.3 Å². The Kier molecular flexibility index (Phi) is 5.79. The molecule has 0 saturated heterocycles. The third kappa shape index (κ3) is 5.86. The van der Waals surface area contributed by atoms with Gasteiger partial charge in [0.05, 0.1) is 0 Å². The molecular weight excluding hydrogens is 244 g/mol. The minimum absolute atomic E-state index is 0.503. The molecule has 0 spiro atoms. The highest BCUT2D eigenvalue weighted by atomic mass is 16.7. The van der Waals surface area contributed by atoms with Gasteiger partial charge in [-0.2, -0.15) is 0 Å². The molecule has 4 nitrogen and oxygen atoms in total. The maximum absolute atomic E-state index is 10.9. The lowest BCUT2D eigenvalue weighted by molar-refractivity contribution is -0.176. The summed E-state index contributed by atoms with van der Waals surface area (Å²) in [6.07, 6.45) is 3.27. The van der Waals surface area contributed by atoms with Gasteiger partial charge in [0.2, 0.25) is 0 Å². The zero-order chi connectivity index (χ0) is 14.3. The Morgan fingerprint density at radius 1 is 1.11 bits per heavy atom. The van der Waals surface area contributed by atoms with Crippen molar-refractivity contribution in [1.29, 1.82) is 0 Å². The molecule has 0 aliphatic rings. The number of ether oxygens (including phenoxy) is 2.